The van der Waals surface area contributed by atoms with Gasteiger partial charge in [0, 0.05) is 76.6 Å². The van der Waals surface area contributed by atoms with Crippen LogP contribution in [0.5, 0.6) is 0 Å². The molecular formula is C67H85N17O10S3. The zero-order valence-electron chi connectivity index (χ0n) is 57.7. The number of anilines is 3. The molecule has 0 saturated carbocycles. The van der Waals surface area contributed by atoms with Crippen LogP contribution < -0.4 is 26.2 Å². The van der Waals surface area contributed by atoms with Crippen LogP contribution >= 0.6 is 0 Å². The predicted molar refractivity (Wildman–Crippen MR) is 370 cm³/mol. The van der Waals surface area contributed by atoms with Crippen molar-refractivity contribution in [1.29, 1.82) is 0 Å². The number of carbonyl (C=O) groups excluding carboxylic acids is 3. The third-order valence-corrected chi connectivity index (χ3v) is 21.8. The zero-order chi connectivity index (χ0) is 70.8. The molecule has 27 nitrogen and oxygen atoms in total. The molecule has 3 aliphatic heterocycles. The molecule has 0 fully saturated rings. The van der Waals surface area contributed by atoms with Crippen LogP contribution in [0.4, 0.5) is 17.8 Å². The van der Waals surface area contributed by atoms with Crippen molar-refractivity contribution in [3.8, 4) is 0 Å². The van der Waals surface area contributed by atoms with Crippen LogP contribution in [0.25, 0.3) is 33.1 Å². The Hall–Kier alpha value is -9.03. The minimum atomic E-state index is -3.35. The van der Waals surface area contributed by atoms with E-state index in [-0.39, 0.29) is 35.9 Å². The minimum absolute atomic E-state index is 0.110. The van der Waals surface area contributed by atoms with E-state index in [1.165, 1.54) is 44.5 Å². The molecule has 0 bridgehead atoms. The van der Waals surface area contributed by atoms with Gasteiger partial charge in [-0.1, -0.05) is 62.3 Å². The molecule has 3 aliphatic rings. The lowest BCUT2D eigenvalue weighted by Gasteiger charge is -2.38. The number of sulfone groups is 3. The topological polar surface area (TPSA) is 355 Å². The quantitative estimate of drug-likeness (QED) is 0.0919. The Morgan fingerprint density at radius 1 is 0.454 bits per heavy atom. The molecule has 2 amide bonds. The second-order valence-electron chi connectivity index (χ2n) is 26.0. The number of methoxy groups -OCH3 is 1. The number of ether oxygens (including phenoxy) is 1. The summed E-state index contributed by atoms with van der Waals surface area (Å²) >= 11 is 0. The van der Waals surface area contributed by atoms with Gasteiger partial charge in [-0.3, -0.25) is 9.59 Å². The minimum Gasteiger partial charge on any atom is -0.465 e. The van der Waals surface area contributed by atoms with Gasteiger partial charge in [0.05, 0.1) is 107 Å². The molecule has 97 heavy (non-hydrogen) atoms. The summed E-state index contributed by atoms with van der Waals surface area (Å²) < 4.78 is 85.4. The number of hydrogen-bond donors (Lipinski definition) is 2. The molecule has 516 valence electrons. The maximum atomic E-state index is 12.4. The van der Waals surface area contributed by atoms with Crippen molar-refractivity contribution in [2.45, 2.75) is 155 Å². The number of esters is 1. The molecule has 4 N–H and O–H groups in total. The Morgan fingerprint density at radius 2 is 0.722 bits per heavy atom. The van der Waals surface area contributed by atoms with Gasteiger partial charge in [-0.05, 0) is 111 Å². The van der Waals surface area contributed by atoms with Gasteiger partial charge in [0.1, 0.15) is 17.5 Å². The normalized spacial score (nSPS) is 16.5. The number of fused-ring (bicyclic) bond motifs is 9. The van der Waals surface area contributed by atoms with E-state index in [1.54, 1.807) is 39.0 Å². The van der Waals surface area contributed by atoms with Crippen LogP contribution in [0.15, 0.2) is 69.7 Å². The van der Waals surface area contributed by atoms with Gasteiger partial charge in [0.15, 0.2) is 29.5 Å². The molecule has 3 aromatic carbocycles. The molecule has 0 unspecified atom stereocenters. The van der Waals surface area contributed by atoms with Crippen molar-refractivity contribution in [3.63, 3.8) is 0 Å². The van der Waals surface area contributed by atoms with E-state index < -0.39 is 47.3 Å². The number of hydrogen-bond acceptors (Lipinski definition) is 22. The highest BCUT2D eigenvalue weighted by molar-refractivity contribution is 7.91. The molecule has 0 spiro atoms. The first-order chi connectivity index (χ1) is 45.6. The molecule has 12 rings (SSSR count). The van der Waals surface area contributed by atoms with Crippen LogP contribution in [-0.4, -0.2) is 147 Å². The summed E-state index contributed by atoms with van der Waals surface area (Å²) in [4.78, 5) is 84.2. The van der Waals surface area contributed by atoms with Gasteiger partial charge >= 0.3 is 5.97 Å². The third-order valence-electron chi connectivity index (χ3n) is 18.2. The summed E-state index contributed by atoms with van der Waals surface area (Å²) in [5.41, 5.74) is 20.5. The van der Waals surface area contributed by atoms with Gasteiger partial charge in [0.25, 0.3) is 11.8 Å². The molecule has 0 radical (unpaired) electrons. The van der Waals surface area contributed by atoms with Crippen molar-refractivity contribution >= 4 is 98.2 Å². The second-order valence-corrected chi connectivity index (χ2v) is 31.9. The van der Waals surface area contributed by atoms with E-state index in [4.69, 9.17) is 31.2 Å². The average molecular weight is 1380 g/mol. The van der Waals surface area contributed by atoms with Crippen LogP contribution in [0.3, 0.4) is 0 Å². The van der Waals surface area contributed by atoms with Crippen LogP contribution in [0, 0.1) is 38.5 Å². The second kappa shape index (κ2) is 27.1. The smallest absolute Gasteiger partial charge is 0.341 e. The molecule has 0 saturated heterocycles. The monoisotopic (exact) mass is 1380 g/mol. The lowest BCUT2D eigenvalue weighted by Crippen LogP contribution is -2.42. The Bertz CT molecular complexity index is 4780. The highest BCUT2D eigenvalue weighted by Gasteiger charge is 2.39. The van der Waals surface area contributed by atoms with Gasteiger partial charge in [0.2, 0.25) is 17.8 Å². The number of aryl methyl sites for hydroxylation is 6. The van der Waals surface area contributed by atoms with Crippen molar-refractivity contribution in [2.75, 3.05) is 60.2 Å². The van der Waals surface area contributed by atoms with Gasteiger partial charge in [-0.2, -0.15) is 0 Å². The molecule has 0 aliphatic carbocycles. The number of rotatable bonds is 15. The first kappa shape index (κ1) is 70.8. The van der Waals surface area contributed by atoms with E-state index >= 15 is 0 Å². The Morgan fingerprint density at radius 3 is 0.938 bits per heavy atom. The largest absolute Gasteiger partial charge is 0.465 e. The number of aromatic nitrogens is 12. The third kappa shape index (κ3) is 13.6. The maximum Gasteiger partial charge on any atom is 0.341 e. The maximum absolute atomic E-state index is 12.4. The molecule has 30 heteroatoms. The molecule has 3 atom stereocenters. The Labute approximate surface area is 565 Å². The first-order valence-electron chi connectivity index (χ1n) is 32.3. The van der Waals surface area contributed by atoms with Crippen molar-refractivity contribution in [3.05, 3.63) is 123 Å². The number of amides is 2. The number of imidazole rings is 3. The summed E-state index contributed by atoms with van der Waals surface area (Å²) in [5, 5.41) is 0. The van der Waals surface area contributed by atoms with Crippen molar-refractivity contribution < 1.29 is 44.4 Å². The predicted octanol–water partition coefficient (Wildman–Crippen LogP) is 7.94. The fourth-order valence-electron chi connectivity index (χ4n) is 13.6. The molecule has 9 aromatic rings. The fraction of sp³-hybridized carbons (Fsp3) is 0.463. The summed E-state index contributed by atoms with van der Waals surface area (Å²) in [5.74, 6) is 3.14. The Balaban J connectivity index is 0.000000158. The lowest BCUT2D eigenvalue weighted by atomic mass is 10.00. The Kier molecular flexibility index (Phi) is 19.8. The summed E-state index contributed by atoms with van der Waals surface area (Å²) in [6.07, 6.45) is 10.0. The van der Waals surface area contributed by atoms with E-state index in [0.717, 1.165) is 67.3 Å². The van der Waals surface area contributed by atoms with E-state index in [2.05, 4.69) is 99.8 Å². The number of carbonyl (C=O) groups is 3. The lowest BCUT2D eigenvalue weighted by molar-refractivity contribution is 0.0598. The van der Waals surface area contributed by atoms with Crippen LogP contribution in [0.2, 0.25) is 0 Å². The number of nitrogens with zero attached hydrogens (tertiary/aromatic N) is 15. The van der Waals surface area contributed by atoms with Crippen molar-refractivity contribution in [2.24, 2.45) is 29.2 Å². The average Bonchev–Trinajstić information content (AvgIpc) is 1.63. The number of nitrogens with two attached hydrogens (primary N) is 2. The van der Waals surface area contributed by atoms with Gasteiger partial charge in [-0.25, -0.2) is 74.9 Å². The summed E-state index contributed by atoms with van der Waals surface area (Å²) in [6.45, 7) is 27.5. The molecule has 6 aromatic heterocycles. The first-order valence-corrected chi connectivity index (χ1v) is 38.0. The fourth-order valence-corrected chi connectivity index (χ4v) is 16.6. The molecule has 9 heterocycles. The number of primary amides is 2. The van der Waals surface area contributed by atoms with E-state index in [0.29, 0.717) is 125 Å². The highest BCUT2D eigenvalue weighted by atomic mass is 32.2. The summed E-state index contributed by atoms with van der Waals surface area (Å²) in [7, 11) is -8.72. The summed E-state index contributed by atoms with van der Waals surface area (Å²) in [6, 6.07) is 10.6. The van der Waals surface area contributed by atoms with Crippen molar-refractivity contribution in [1.82, 2.24) is 58.6 Å². The van der Waals surface area contributed by atoms with Crippen LogP contribution in [0.1, 0.15) is 163 Å². The van der Waals surface area contributed by atoms with E-state index in [9.17, 15) is 39.6 Å². The zero-order valence-corrected chi connectivity index (χ0v) is 60.1. The van der Waals surface area contributed by atoms with Crippen LogP contribution in [-0.2, 0) is 73.1 Å². The van der Waals surface area contributed by atoms with Gasteiger partial charge < -0.3 is 44.6 Å². The SMILES string of the molecule is CCc1cc2nc3n(c2cc1S(C)(=O)=O)CCN(c1ncc(C(=O)OC)c(C)n1)[C@@H]3C(C)C.CCc1cc2nc3n(c2cc1S(C)(=O)=O)CCN(c1ncc(C(N)=O)c(C)n1)[C@@H]3C(C)C.CCc1cc2nc3n(c2cc1S(C)(=O)=O)CCN(c1ncc(C(N)=O)c(C)n1)[C@H]3C(C)C. The van der Waals surface area contributed by atoms with E-state index in [1.807, 2.05) is 39.0 Å². The highest BCUT2D eigenvalue weighted by Crippen LogP contribution is 2.41. The standard InChI is InChI=1S/C23H29N5O4S.2C22H28N6O3S/c1-7-15-10-17-18(11-19(15)33(6,30)31)27-8-9-28(20(13(2)3)21(27)26-17)23-24-12-16(14(4)25-23)22(29)32-5;2*1-6-14-9-16-17(10-18(14)32(5,30)31)27-7-8-28(19(12(2)3)21(27)26-16)22-24-11-15(20(23)29)13(4)25-22/h10-13,20H,7-9H2,1-6H3;2*9-12,19H,6-8H2,1-5H3,(H2,23,29)/t20-;2*19-/m110/s1. The molecular weight excluding hydrogens is 1300 g/mol. The van der Waals surface area contributed by atoms with Gasteiger partial charge in [-0.15, -0.1) is 0 Å². The number of benzene rings is 3.